The highest BCUT2D eigenvalue weighted by Crippen LogP contribution is 2.26. The molecule has 0 fully saturated rings. The molecule has 0 saturated carbocycles. The van der Waals surface area contributed by atoms with Crippen molar-refractivity contribution >= 4 is 5.78 Å². The minimum atomic E-state index is 0.159. The van der Waals surface area contributed by atoms with Crippen LogP contribution in [0.2, 0.25) is 0 Å². The summed E-state index contributed by atoms with van der Waals surface area (Å²) in [6.45, 7) is 2.19. The Labute approximate surface area is 134 Å². The lowest BCUT2D eigenvalue weighted by Crippen LogP contribution is -1.93. The molecule has 3 nitrogen and oxygen atoms in total. The summed E-state index contributed by atoms with van der Waals surface area (Å²) in [4.78, 5) is 11.7. The summed E-state index contributed by atoms with van der Waals surface area (Å²) in [6, 6.07) is 5.40. The third-order valence-corrected chi connectivity index (χ3v) is 3.67. The number of aryl methyl sites for hydroxylation is 1. The zero-order valence-corrected chi connectivity index (χ0v) is 13.8. The number of ketones is 1. The average molecular weight is 304 g/mol. The number of rotatable bonds is 11. The molecule has 0 atom stereocenters. The number of carbonyl (C=O) groups excluding carboxylic acids is 1. The van der Waals surface area contributed by atoms with Gasteiger partial charge in [0.05, 0.1) is 7.11 Å². The van der Waals surface area contributed by atoms with E-state index in [0.29, 0.717) is 12.2 Å². The van der Waals surface area contributed by atoms with E-state index in [1.165, 1.54) is 26.4 Å². The number of allylic oxidation sites excluding steroid dienone is 2. The van der Waals surface area contributed by atoms with Crippen molar-refractivity contribution in [3.05, 3.63) is 35.9 Å². The van der Waals surface area contributed by atoms with Crippen LogP contribution in [0, 0.1) is 0 Å². The first kappa shape index (κ1) is 18.3. The van der Waals surface area contributed by atoms with E-state index in [9.17, 15) is 9.90 Å². The maximum atomic E-state index is 11.7. The second-order valence-corrected chi connectivity index (χ2v) is 5.58. The Hall–Kier alpha value is -1.77. The monoisotopic (exact) mass is 304 g/mol. The molecule has 0 saturated heterocycles. The van der Waals surface area contributed by atoms with Crippen molar-refractivity contribution in [1.82, 2.24) is 0 Å². The second-order valence-electron chi connectivity index (χ2n) is 5.58. The number of hydrogen-bond acceptors (Lipinski definition) is 3. The number of benzene rings is 1. The summed E-state index contributed by atoms with van der Waals surface area (Å²) in [5.74, 6) is 0.860. The summed E-state index contributed by atoms with van der Waals surface area (Å²) in [5.41, 5.74) is 1.04. The highest BCUT2D eigenvalue weighted by atomic mass is 16.5. The van der Waals surface area contributed by atoms with E-state index in [1.807, 2.05) is 12.1 Å². The second kappa shape index (κ2) is 10.9. The van der Waals surface area contributed by atoms with Crippen LogP contribution in [0.3, 0.4) is 0 Å². The first-order chi connectivity index (χ1) is 10.7. The summed E-state index contributed by atoms with van der Waals surface area (Å²) >= 11 is 0. The van der Waals surface area contributed by atoms with Crippen LogP contribution in [-0.4, -0.2) is 18.0 Å². The van der Waals surface area contributed by atoms with Crippen LogP contribution in [0.25, 0.3) is 0 Å². The number of hydrogen-bond donors (Lipinski definition) is 1. The van der Waals surface area contributed by atoms with Gasteiger partial charge in [-0.2, -0.15) is 0 Å². The number of phenols is 1. The molecule has 1 N–H and O–H groups in total. The topological polar surface area (TPSA) is 46.5 Å². The summed E-state index contributed by atoms with van der Waals surface area (Å²) in [7, 11) is 1.53. The van der Waals surface area contributed by atoms with Crippen LogP contribution in [0.4, 0.5) is 0 Å². The van der Waals surface area contributed by atoms with Gasteiger partial charge in [0.15, 0.2) is 17.3 Å². The number of phenolic OH excluding ortho intramolecular Hbond substituents is 1. The third kappa shape index (κ3) is 7.30. The van der Waals surface area contributed by atoms with Gasteiger partial charge in [-0.25, -0.2) is 0 Å². The molecule has 0 aliphatic carbocycles. The Morgan fingerprint density at radius 3 is 2.68 bits per heavy atom. The Kier molecular flexibility index (Phi) is 9.04. The van der Waals surface area contributed by atoms with Crippen molar-refractivity contribution in [2.45, 2.75) is 58.3 Å². The first-order valence-corrected chi connectivity index (χ1v) is 8.22. The largest absolute Gasteiger partial charge is 0.504 e. The molecule has 3 heteroatoms. The van der Waals surface area contributed by atoms with Gasteiger partial charge in [0.1, 0.15) is 0 Å². The lowest BCUT2D eigenvalue weighted by atomic mass is 10.1. The molecule has 0 heterocycles. The van der Waals surface area contributed by atoms with Crippen molar-refractivity contribution in [2.75, 3.05) is 7.11 Å². The summed E-state index contributed by atoms with van der Waals surface area (Å²) in [6.07, 6.45) is 11.8. The normalized spacial score (nSPS) is 11.0. The van der Waals surface area contributed by atoms with Crippen LogP contribution in [0.5, 0.6) is 11.5 Å². The highest BCUT2D eigenvalue weighted by molar-refractivity contribution is 5.89. The van der Waals surface area contributed by atoms with Crippen LogP contribution in [-0.2, 0) is 11.2 Å². The van der Waals surface area contributed by atoms with Gasteiger partial charge >= 0.3 is 0 Å². The fraction of sp³-hybridized carbons (Fsp3) is 0.526. The fourth-order valence-electron chi connectivity index (χ4n) is 2.34. The molecule has 1 aromatic rings. The molecule has 0 amide bonds. The zero-order chi connectivity index (χ0) is 16.2. The van der Waals surface area contributed by atoms with Crippen molar-refractivity contribution < 1.29 is 14.6 Å². The van der Waals surface area contributed by atoms with Crippen molar-refractivity contribution in [3.8, 4) is 11.5 Å². The predicted molar refractivity (Wildman–Crippen MR) is 90.5 cm³/mol. The third-order valence-electron chi connectivity index (χ3n) is 3.67. The maximum absolute atomic E-state index is 11.7. The SMILES string of the molecule is CCCCCCCC(=O)C=CCCc1ccc(OC)c(O)c1. The van der Waals surface area contributed by atoms with E-state index in [2.05, 4.69) is 6.92 Å². The number of ether oxygens (including phenoxy) is 1. The maximum Gasteiger partial charge on any atom is 0.160 e. The van der Waals surface area contributed by atoms with E-state index < -0.39 is 0 Å². The quantitative estimate of drug-likeness (QED) is 0.471. The van der Waals surface area contributed by atoms with E-state index in [-0.39, 0.29) is 11.5 Å². The minimum Gasteiger partial charge on any atom is -0.504 e. The molecule has 1 rings (SSSR count). The fourth-order valence-corrected chi connectivity index (χ4v) is 2.34. The molecule has 0 spiro atoms. The molecule has 22 heavy (non-hydrogen) atoms. The van der Waals surface area contributed by atoms with Crippen LogP contribution in [0.1, 0.15) is 57.4 Å². The Morgan fingerprint density at radius 2 is 2.00 bits per heavy atom. The predicted octanol–water partition coefficient (Wildman–Crippen LogP) is 4.82. The van der Waals surface area contributed by atoms with E-state index in [1.54, 1.807) is 18.2 Å². The van der Waals surface area contributed by atoms with Gasteiger partial charge in [0.25, 0.3) is 0 Å². The number of unbranched alkanes of at least 4 members (excludes halogenated alkanes) is 4. The Bertz CT molecular complexity index is 478. The van der Waals surface area contributed by atoms with E-state index in [0.717, 1.165) is 31.2 Å². The van der Waals surface area contributed by atoms with Gasteiger partial charge in [0.2, 0.25) is 0 Å². The van der Waals surface area contributed by atoms with Crippen LogP contribution < -0.4 is 4.74 Å². The molecular formula is C19H28O3. The van der Waals surface area contributed by atoms with Crippen molar-refractivity contribution in [3.63, 3.8) is 0 Å². The van der Waals surface area contributed by atoms with Gasteiger partial charge in [-0.05, 0) is 43.0 Å². The standard InChI is InChI=1S/C19H28O3/c1-3-4-5-6-7-11-17(20)12-9-8-10-16-13-14-19(22-2)18(21)15-16/h9,12-15,21H,3-8,10-11H2,1-2H3. The van der Waals surface area contributed by atoms with Crippen LogP contribution >= 0.6 is 0 Å². The van der Waals surface area contributed by atoms with Gasteiger partial charge < -0.3 is 9.84 Å². The molecule has 0 unspecified atom stereocenters. The molecule has 0 aliphatic rings. The van der Waals surface area contributed by atoms with Crippen LogP contribution in [0.15, 0.2) is 30.4 Å². The van der Waals surface area contributed by atoms with E-state index in [4.69, 9.17) is 4.74 Å². The molecule has 1 aromatic carbocycles. The van der Waals surface area contributed by atoms with Gasteiger partial charge in [0, 0.05) is 6.42 Å². The molecule has 0 aliphatic heterocycles. The summed E-state index contributed by atoms with van der Waals surface area (Å²) < 4.78 is 5.01. The summed E-state index contributed by atoms with van der Waals surface area (Å²) in [5, 5.41) is 9.70. The van der Waals surface area contributed by atoms with Crippen molar-refractivity contribution in [2.24, 2.45) is 0 Å². The van der Waals surface area contributed by atoms with Gasteiger partial charge in [-0.15, -0.1) is 0 Å². The molecule has 0 aromatic heterocycles. The smallest absolute Gasteiger partial charge is 0.160 e. The lowest BCUT2D eigenvalue weighted by Gasteiger charge is -2.05. The average Bonchev–Trinajstić information content (AvgIpc) is 2.51. The Morgan fingerprint density at radius 1 is 1.23 bits per heavy atom. The minimum absolute atomic E-state index is 0.159. The molecule has 0 radical (unpaired) electrons. The zero-order valence-electron chi connectivity index (χ0n) is 13.8. The molecule has 0 bridgehead atoms. The highest BCUT2D eigenvalue weighted by Gasteiger charge is 2.02. The first-order valence-electron chi connectivity index (χ1n) is 8.22. The number of aromatic hydroxyl groups is 1. The number of carbonyl (C=O) groups is 1. The van der Waals surface area contributed by atoms with Crippen molar-refractivity contribution in [1.29, 1.82) is 0 Å². The van der Waals surface area contributed by atoms with Gasteiger partial charge in [-0.3, -0.25) is 4.79 Å². The lowest BCUT2D eigenvalue weighted by molar-refractivity contribution is -0.114. The number of methoxy groups -OCH3 is 1. The van der Waals surface area contributed by atoms with Gasteiger partial charge in [-0.1, -0.05) is 44.7 Å². The Balaban J connectivity index is 2.22. The molecule has 122 valence electrons. The van der Waals surface area contributed by atoms with E-state index >= 15 is 0 Å². The molecular weight excluding hydrogens is 276 g/mol.